The molecule has 0 unspecified atom stereocenters. The standard InChI is InChI=1S/C22H34N2.3CH3.Zr/c1-6-7-15-23-20-13-8-9-14-21(20)24-22-18(16(2)3)11-10-12-19(22)17(4)5;;;;/h10-12,14,16-17,24H,6-9,13,15H2,1-5H3;3*1H3;/q;3*-1;+4. The average Bonchev–Trinajstić information content (AvgIpc) is 2.56. The van der Waals surface area contributed by atoms with Crippen molar-refractivity contribution in [2.75, 3.05) is 11.9 Å². The van der Waals surface area contributed by atoms with E-state index in [0.29, 0.717) is 11.8 Å². The third kappa shape index (κ3) is 8.77. The summed E-state index contributed by atoms with van der Waals surface area (Å²) in [5.41, 5.74) is 6.62. The van der Waals surface area contributed by atoms with E-state index in [4.69, 9.17) is 4.99 Å². The fourth-order valence-corrected chi connectivity index (χ4v) is 3.26. The zero-order chi connectivity index (χ0) is 17.5. The first kappa shape index (κ1) is 32.0. The summed E-state index contributed by atoms with van der Waals surface area (Å²) in [6, 6.07) is 6.72. The Kier molecular flexibility index (Phi) is 18.4. The molecule has 0 atom stereocenters. The number of anilines is 1. The van der Waals surface area contributed by atoms with Gasteiger partial charge in [0.15, 0.2) is 0 Å². The minimum atomic E-state index is 0. The number of unbranched alkanes of at least 4 members (excludes halogenated alkanes) is 1. The molecule has 1 N–H and O–H groups in total. The van der Waals surface area contributed by atoms with Gasteiger partial charge in [0, 0.05) is 12.2 Å². The molecule has 0 radical (unpaired) electrons. The number of hydrogen-bond donors (Lipinski definition) is 1. The third-order valence-corrected chi connectivity index (χ3v) is 4.72. The maximum absolute atomic E-state index is 4.89. The van der Waals surface area contributed by atoms with Crippen LogP contribution in [0.1, 0.15) is 89.7 Å². The number of aliphatic imine (C=N–C) groups is 1. The number of allylic oxidation sites excluding steroid dienone is 2. The molecule has 0 saturated carbocycles. The minimum Gasteiger partial charge on any atom is -0.358 e. The van der Waals surface area contributed by atoms with Crippen molar-refractivity contribution >= 4 is 11.4 Å². The largest absolute Gasteiger partial charge is 4.00 e. The van der Waals surface area contributed by atoms with Crippen LogP contribution in [0.3, 0.4) is 0 Å². The molecule has 2 rings (SSSR count). The van der Waals surface area contributed by atoms with Gasteiger partial charge in [-0.05, 0) is 48.6 Å². The first-order chi connectivity index (χ1) is 11.5. The van der Waals surface area contributed by atoms with Crippen LogP contribution in [0, 0.1) is 22.3 Å². The smallest absolute Gasteiger partial charge is 0.358 e. The van der Waals surface area contributed by atoms with Crippen molar-refractivity contribution in [2.45, 2.75) is 78.6 Å². The quantitative estimate of drug-likeness (QED) is 0.322. The summed E-state index contributed by atoms with van der Waals surface area (Å²) < 4.78 is 0. The molecule has 1 aliphatic carbocycles. The minimum absolute atomic E-state index is 0. The van der Waals surface area contributed by atoms with E-state index in [0.717, 1.165) is 19.4 Å². The molecule has 0 saturated heterocycles. The number of para-hydroxylation sites is 1. The van der Waals surface area contributed by atoms with Gasteiger partial charge in [-0.2, -0.15) is 0 Å². The molecule has 0 bridgehead atoms. The van der Waals surface area contributed by atoms with Crippen LogP contribution in [0.25, 0.3) is 0 Å². The van der Waals surface area contributed by atoms with E-state index in [1.165, 1.54) is 47.5 Å². The van der Waals surface area contributed by atoms with Crippen LogP contribution in [-0.2, 0) is 26.2 Å². The molecule has 28 heavy (non-hydrogen) atoms. The molecule has 156 valence electrons. The first-order valence-electron chi connectivity index (χ1n) is 9.68. The van der Waals surface area contributed by atoms with E-state index in [1.54, 1.807) is 0 Å². The summed E-state index contributed by atoms with van der Waals surface area (Å²) in [5.74, 6) is 1.02. The Balaban J connectivity index is -0.00000156. The van der Waals surface area contributed by atoms with Gasteiger partial charge >= 0.3 is 26.2 Å². The summed E-state index contributed by atoms with van der Waals surface area (Å²) in [5, 5.41) is 3.79. The third-order valence-electron chi connectivity index (χ3n) is 4.72. The van der Waals surface area contributed by atoms with Crippen LogP contribution in [-0.4, -0.2) is 12.3 Å². The Morgan fingerprint density at radius 3 is 2.07 bits per heavy atom. The SMILES string of the molecule is CCCCN=C1CCCC=C1Nc1c(C(C)C)cccc1C(C)C.[CH3-].[CH3-].[CH3-].[Zr+4]. The molecular formula is C25H43N2Zr+. The first-order valence-corrected chi connectivity index (χ1v) is 9.68. The second kappa shape index (κ2) is 16.1. The van der Waals surface area contributed by atoms with Crippen LogP contribution >= 0.6 is 0 Å². The van der Waals surface area contributed by atoms with E-state index in [1.807, 2.05) is 0 Å². The van der Waals surface area contributed by atoms with Crippen LogP contribution < -0.4 is 5.32 Å². The zero-order valence-corrected chi connectivity index (χ0v) is 22.1. The van der Waals surface area contributed by atoms with Crippen molar-refractivity contribution in [2.24, 2.45) is 4.99 Å². The number of nitrogens with zero attached hydrogens (tertiary/aromatic N) is 1. The summed E-state index contributed by atoms with van der Waals surface area (Å²) >= 11 is 0. The summed E-state index contributed by atoms with van der Waals surface area (Å²) in [6.07, 6.45) is 8.20. The monoisotopic (exact) mass is 461 g/mol. The van der Waals surface area contributed by atoms with Crippen molar-refractivity contribution in [3.8, 4) is 0 Å². The van der Waals surface area contributed by atoms with Gasteiger partial charge in [-0.25, -0.2) is 0 Å². The van der Waals surface area contributed by atoms with E-state index in [9.17, 15) is 0 Å². The topological polar surface area (TPSA) is 24.4 Å². The Labute approximate surface area is 195 Å². The number of benzene rings is 1. The molecule has 1 aromatic rings. The molecule has 1 aromatic carbocycles. The number of hydrogen-bond acceptors (Lipinski definition) is 2. The van der Waals surface area contributed by atoms with E-state index in [2.05, 4.69) is 64.2 Å². The van der Waals surface area contributed by atoms with Gasteiger partial charge in [-0.1, -0.05) is 65.3 Å². The van der Waals surface area contributed by atoms with Crippen molar-refractivity contribution in [1.82, 2.24) is 0 Å². The second-order valence-electron chi connectivity index (χ2n) is 7.44. The molecule has 0 aliphatic heterocycles. The van der Waals surface area contributed by atoms with Crippen molar-refractivity contribution in [3.63, 3.8) is 0 Å². The Morgan fingerprint density at radius 2 is 1.57 bits per heavy atom. The predicted molar refractivity (Wildman–Crippen MR) is 127 cm³/mol. The fourth-order valence-electron chi connectivity index (χ4n) is 3.26. The van der Waals surface area contributed by atoms with E-state index >= 15 is 0 Å². The van der Waals surface area contributed by atoms with Gasteiger partial charge in [0.1, 0.15) is 0 Å². The Morgan fingerprint density at radius 1 is 1.00 bits per heavy atom. The zero-order valence-electron chi connectivity index (χ0n) is 19.7. The maximum atomic E-state index is 4.89. The summed E-state index contributed by atoms with van der Waals surface area (Å²) in [6.45, 7) is 12.3. The predicted octanol–water partition coefficient (Wildman–Crippen LogP) is 8.00. The second-order valence-corrected chi connectivity index (χ2v) is 7.44. The molecule has 0 fully saturated rings. The Bertz CT molecular complexity index is 574. The van der Waals surface area contributed by atoms with Crippen LogP contribution in [0.5, 0.6) is 0 Å². The van der Waals surface area contributed by atoms with Crippen molar-refractivity contribution in [1.29, 1.82) is 0 Å². The Hall–Kier alpha value is -0.687. The molecule has 0 spiro atoms. The van der Waals surface area contributed by atoms with Crippen molar-refractivity contribution in [3.05, 3.63) is 63.4 Å². The normalized spacial score (nSPS) is 14.4. The van der Waals surface area contributed by atoms with Gasteiger partial charge in [0.2, 0.25) is 0 Å². The molecule has 1 aliphatic rings. The number of rotatable bonds is 7. The molecule has 3 heteroatoms. The van der Waals surface area contributed by atoms with Crippen LogP contribution in [0.15, 0.2) is 35.0 Å². The van der Waals surface area contributed by atoms with Crippen molar-refractivity contribution < 1.29 is 26.2 Å². The maximum Gasteiger partial charge on any atom is 4.00 e. The van der Waals surface area contributed by atoms with Crippen LogP contribution in [0.4, 0.5) is 5.69 Å². The molecule has 0 heterocycles. The summed E-state index contributed by atoms with van der Waals surface area (Å²) in [4.78, 5) is 4.89. The van der Waals surface area contributed by atoms with Gasteiger partial charge in [0.05, 0.1) is 11.4 Å². The van der Waals surface area contributed by atoms with E-state index < -0.39 is 0 Å². The summed E-state index contributed by atoms with van der Waals surface area (Å²) in [7, 11) is 0. The van der Waals surface area contributed by atoms with Gasteiger partial charge < -0.3 is 27.6 Å². The molecular weight excluding hydrogens is 420 g/mol. The number of nitrogens with one attached hydrogen (secondary N) is 1. The molecule has 0 amide bonds. The molecule has 0 aromatic heterocycles. The van der Waals surface area contributed by atoms with Crippen LogP contribution in [0.2, 0.25) is 0 Å². The average molecular weight is 463 g/mol. The van der Waals surface area contributed by atoms with Gasteiger partial charge in [-0.3, -0.25) is 4.99 Å². The van der Waals surface area contributed by atoms with Gasteiger partial charge in [0.25, 0.3) is 0 Å². The molecule has 2 nitrogen and oxygen atoms in total. The van der Waals surface area contributed by atoms with E-state index in [-0.39, 0.29) is 48.5 Å². The fraction of sp³-hybridized carbons (Fsp3) is 0.520. The van der Waals surface area contributed by atoms with Gasteiger partial charge in [-0.15, -0.1) is 0 Å².